The van der Waals surface area contributed by atoms with E-state index >= 15 is 4.39 Å². The van der Waals surface area contributed by atoms with Gasteiger partial charge in [-0.15, -0.1) is 0 Å². The van der Waals surface area contributed by atoms with Crippen LogP contribution in [0, 0.1) is 12.7 Å². The van der Waals surface area contributed by atoms with E-state index in [1.807, 2.05) is 61.5 Å². The van der Waals surface area contributed by atoms with Gasteiger partial charge in [-0.25, -0.2) is 9.18 Å². The molecule has 1 heterocycles. The van der Waals surface area contributed by atoms with Crippen LogP contribution in [0.5, 0.6) is 0 Å². The summed E-state index contributed by atoms with van der Waals surface area (Å²) in [6.45, 7) is 4.24. The standard InChI is InChI=1S/C28H29FO2/c1-3-4-5-6-7-8-9-21-14-17-24-23-16-15-22(20-12-10-19(2)11-13-20)18-25(23)28(30)31-27(24)26(21)29/h10-18H,3-9H2,1-2H3. The Labute approximate surface area is 182 Å². The molecule has 0 aliphatic heterocycles. The lowest BCUT2D eigenvalue weighted by Gasteiger charge is -2.09. The molecule has 0 saturated heterocycles. The minimum atomic E-state index is -0.493. The Kier molecular flexibility index (Phi) is 6.50. The second kappa shape index (κ2) is 9.47. The molecule has 0 fully saturated rings. The van der Waals surface area contributed by atoms with Crippen molar-refractivity contribution in [2.45, 2.75) is 58.8 Å². The van der Waals surface area contributed by atoms with Crippen LogP contribution in [0.3, 0.4) is 0 Å². The van der Waals surface area contributed by atoms with E-state index in [0.29, 0.717) is 22.8 Å². The molecule has 1 aromatic heterocycles. The van der Waals surface area contributed by atoms with Crippen molar-refractivity contribution in [2.75, 3.05) is 0 Å². The number of halogens is 1. The Morgan fingerprint density at radius 1 is 0.774 bits per heavy atom. The number of aryl methyl sites for hydroxylation is 2. The van der Waals surface area contributed by atoms with Crippen LogP contribution in [0.15, 0.2) is 63.8 Å². The Morgan fingerprint density at radius 3 is 2.23 bits per heavy atom. The minimum Gasteiger partial charge on any atom is -0.419 e. The molecular weight excluding hydrogens is 387 g/mol. The summed E-state index contributed by atoms with van der Waals surface area (Å²) >= 11 is 0. The first-order valence-electron chi connectivity index (χ1n) is 11.3. The number of unbranched alkanes of at least 4 members (excludes halogenated alkanes) is 5. The van der Waals surface area contributed by atoms with Gasteiger partial charge in [-0.05, 0) is 42.5 Å². The number of benzene rings is 3. The van der Waals surface area contributed by atoms with Crippen LogP contribution in [0.2, 0.25) is 0 Å². The molecule has 31 heavy (non-hydrogen) atoms. The Hall–Kier alpha value is -2.94. The number of fused-ring (bicyclic) bond motifs is 3. The zero-order chi connectivity index (χ0) is 21.8. The molecular formula is C28H29FO2. The van der Waals surface area contributed by atoms with Gasteiger partial charge in [0, 0.05) is 10.8 Å². The van der Waals surface area contributed by atoms with E-state index in [1.165, 1.54) is 31.2 Å². The molecule has 0 aliphatic rings. The van der Waals surface area contributed by atoms with E-state index in [9.17, 15) is 4.79 Å². The van der Waals surface area contributed by atoms with Gasteiger partial charge < -0.3 is 4.42 Å². The summed E-state index contributed by atoms with van der Waals surface area (Å²) in [5, 5.41) is 1.86. The quantitative estimate of drug-likeness (QED) is 0.166. The highest BCUT2D eigenvalue weighted by atomic mass is 19.1. The highest BCUT2D eigenvalue weighted by molar-refractivity contribution is 6.05. The first-order valence-corrected chi connectivity index (χ1v) is 11.3. The molecule has 0 N–H and O–H groups in total. The van der Waals surface area contributed by atoms with E-state index in [-0.39, 0.29) is 5.58 Å². The van der Waals surface area contributed by atoms with Crippen LogP contribution < -0.4 is 5.63 Å². The molecule has 4 rings (SSSR count). The SMILES string of the molecule is CCCCCCCCc1ccc2c(oc(=O)c3cc(-c4ccc(C)cc4)ccc32)c1F. The van der Waals surface area contributed by atoms with E-state index in [4.69, 9.17) is 4.42 Å². The van der Waals surface area contributed by atoms with Crippen molar-refractivity contribution in [1.29, 1.82) is 0 Å². The van der Waals surface area contributed by atoms with Crippen molar-refractivity contribution in [1.82, 2.24) is 0 Å². The summed E-state index contributed by atoms with van der Waals surface area (Å²) in [7, 11) is 0. The second-order valence-electron chi connectivity index (χ2n) is 8.45. The van der Waals surface area contributed by atoms with E-state index < -0.39 is 11.4 Å². The zero-order valence-electron chi connectivity index (χ0n) is 18.3. The lowest BCUT2D eigenvalue weighted by atomic mass is 9.98. The van der Waals surface area contributed by atoms with Gasteiger partial charge in [0.15, 0.2) is 11.4 Å². The van der Waals surface area contributed by atoms with Crippen LogP contribution in [0.1, 0.15) is 56.6 Å². The summed E-state index contributed by atoms with van der Waals surface area (Å²) in [5.41, 5.74) is 3.37. The van der Waals surface area contributed by atoms with Crippen LogP contribution >= 0.6 is 0 Å². The molecule has 2 nitrogen and oxygen atoms in total. The lowest BCUT2D eigenvalue weighted by molar-refractivity contribution is 0.521. The highest BCUT2D eigenvalue weighted by Crippen LogP contribution is 2.30. The summed E-state index contributed by atoms with van der Waals surface area (Å²) < 4.78 is 20.6. The first-order chi connectivity index (χ1) is 15.1. The zero-order valence-corrected chi connectivity index (χ0v) is 18.3. The molecule has 0 aliphatic carbocycles. The molecule has 3 heteroatoms. The van der Waals surface area contributed by atoms with Gasteiger partial charge in [0.2, 0.25) is 0 Å². The molecule has 0 unspecified atom stereocenters. The van der Waals surface area contributed by atoms with Crippen molar-refractivity contribution >= 4 is 21.7 Å². The number of hydrogen-bond acceptors (Lipinski definition) is 2. The van der Waals surface area contributed by atoms with Gasteiger partial charge in [-0.1, -0.05) is 93.1 Å². The Bertz CT molecular complexity index is 1250. The fourth-order valence-electron chi connectivity index (χ4n) is 4.22. The molecule has 4 aromatic rings. The molecule has 0 spiro atoms. The average molecular weight is 417 g/mol. The van der Waals surface area contributed by atoms with Crippen LogP contribution in [-0.4, -0.2) is 0 Å². The summed E-state index contributed by atoms with van der Waals surface area (Å²) in [4.78, 5) is 12.7. The second-order valence-corrected chi connectivity index (χ2v) is 8.45. The third-order valence-corrected chi connectivity index (χ3v) is 6.09. The number of hydrogen-bond donors (Lipinski definition) is 0. The monoisotopic (exact) mass is 416 g/mol. The predicted molar refractivity (Wildman–Crippen MR) is 127 cm³/mol. The van der Waals surface area contributed by atoms with Crippen LogP contribution in [0.25, 0.3) is 32.9 Å². The maximum Gasteiger partial charge on any atom is 0.344 e. The van der Waals surface area contributed by atoms with Gasteiger partial charge in [-0.2, -0.15) is 0 Å². The highest BCUT2D eigenvalue weighted by Gasteiger charge is 2.15. The van der Waals surface area contributed by atoms with Gasteiger partial charge in [0.05, 0.1) is 5.39 Å². The third-order valence-electron chi connectivity index (χ3n) is 6.09. The Morgan fingerprint density at radius 2 is 1.45 bits per heavy atom. The fourth-order valence-corrected chi connectivity index (χ4v) is 4.22. The van der Waals surface area contributed by atoms with Gasteiger partial charge >= 0.3 is 5.63 Å². The van der Waals surface area contributed by atoms with E-state index in [0.717, 1.165) is 29.4 Å². The van der Waals surface area contributed by atoms with Crippen molar-refractivity contribution < 1.29 is 8.81 Å². The van der Waals surface area contributed by atoms with Gasteiger partial charge in [0.1, 0.15) is 0 Å². The summed E-state index contributed by atoms with van der Waals surface area (Å²) in [6.07, 6.45) is 7.62. The summed E-state index contributed by atoms with van der Waals surface area (Å²) in [6, 6.07) is 17.6. The fraction of sp³-hybridized carbons (Fsp3) is 0.321. The third kappa shape index (κ3) is 4.56. The predicted octanol–water partition coefficient (Wildman–Crippen LogP) is 7.96. The van der Waals surface area contributed by atoms with Gasteiger partial charge in [0.25, 0.3) is 0 Å². The molecule has 160 valence electrons. The lowest BCUT2D eigenvalue weighted by Crippen LogP contribution is -2.03. The molecule has 0 saturated carbocycles. The average Bonchev–Trinajstić information content (AvgIpc) is 2.78. The van der Waals surface area contributed by atoms with Crippen molar-refractivity contribution in [3.05, 3.63) is 82.0 Å². The number of rotatable bonds is 8. The van der Waals surface area contributed by atoms with Crippen molar-refractivity contribution in [3.8, 4) is 11.1 Å². The molecule has 0 radical (unpaired) electrons. The largest absolute Gasteiger partial charge is 0.419 e. The van der Waals surface area contributed by atoms with Crippen molar-refractivity contribution in [2.24, 2.45) is 0 Å². The minimum absolute atomic E-state index is 0.0732. The van der Waals surface area contributed by atoms with Crippen LogP contribution in [0.4, 0.5) is 4.39 Å². The van der Waals surface area contributed by atoms with E-state index in [2.05, 4.69) is 6.92 Å². The molecule has 3 aromatic carbocycles. The molecule has 0 amide bonds. The molecule has 0 atom stereocenters. The first kappa shape index (κ1) is 21.3. The van der Waals surface area contributed by atoms with Crippen LogP contribution in [-0.2, 0) is 6.42 Å². The topological polar surface area (TPSA) is 30.2 Å². The Balaban J connectivity index is 1.65. The maximum atomic E-state index is 15.2. The maximum absolute atomic E-state index is 15.2. The van der Waals surface area contributed by atoms with Crippen molar-refractivity contribution in [3.63, 3.8) is 0 Å². The normalized spacial score (nSPS) is 11.5. The summed E-state index contributed by atoms with van der Waals surface area (Å²) in [5.74, 6) is -0.396. The van der Waals surface area contributed by atoms with E-state index in [1.54, 1.807) is 0 Å². The smallest absolute Gasteiger partial charge is 0.344 e. The van der Waals surface area contributed by atoms with Gasteiger partial charge in [-0.3, -0.25) is 0 Å². The molecule has 0 bridgehead atoms.